The SMILES string of the molecule is CCOc1ccc(OCC)c2c(Cl)cc(C(C)C)nc12. The molecule has 0 unspecified atom stereocenters. The highest BCUT2D eigenvalue weighted by Crippen LogP contribution is 2.38. The van der Waals surface area contributed by atoms with Crippen molar-refractivity contribution in [1.82, 2.24) is 4.98 Å². The highest BCUT2D eigenvalue weighted by Gasteiger charge is 2.15. The van der Waals surface area contributed by atoms with E-state index in [4.69, 9.17) is 26.1 Å². The molecular formula is C16H20ClNO2. The van der Waals surface area contributed by atoms with E-state index in [0.29, 0.717) is 24.2 Å². The monoisotopic (exact) mass is 293 g/mol. The second-order valence-electron chi connectivity index (χ2n) is 4.84. The maximum absolute atomic E-state index is 6.44. The van der Waals surface area contributed by atoms with E-state index >= 15 is 0 Å². The van der Waals surface area contributed by atoms with E-state index in [2.05, 4.69) is 13.8 Å². The van der Waals surface area contributed by atoms with Crippen LogP contribution in [0.1, 0.15) is 39.3 Å². The lowest BCUT2D eigenvalue weighted by Gasteiger charge is -2.15. The normalized spacial score (nSPS) is 11.1. The van der Waals surface area contributed by atoms with Gasteiger partial charge < -0.3 is 9.47 Å². The summed E-state index contributed by atoms with van der Waals surface area (Å²) < 4.78 is 11.3. The zero-order valence-corrected chi connectivity index (χ0v) is 13.1. The fourth-order valence-electron chi connectivity index (χ4n) is 2.10. The molecule has 1 aromatic heterocycles. The van der Waals surface area contributed by atoms with Crippen molar-refractivity contribution in [3.63, 3.8) is 0 Å². The lowest BCUT2D eigenvalue weighted by Crippen LogP contribution is -2.00. The fraction of sp³-hybridized carbons (Fsp3) is 0.438. The van der Waals surface area contributed by atoms with E-state index in [1.165, 1.54) is 0 Å². The van der Waals surface area contributed by atoms with Crippen LogP contribution in [0.25, 0.3) is 10.9 Å². The summed E-state index contributed by atoms with van der Waals surface area (Å²) in [5.74, 6) is 1.80. The minimum atomic E-state index is 0.308. The molecule has 0 radical (unpaired) electrons. The molecular weight excluding hydrogens is 274 g/mol. The molecule has 4 heteroatoms. The largest absolute Gasteiger partial charge is 0.493 e. The number of hydrogen-bond donors (Lipinski definition) is 0. The van der Waals surface area contributed by atoms with Crippen molar-refractivity contribution < 1.29 is 9.47 Å². The summed E-state index contributed by atoms with van der Waals surface area (Å²) in [5, 5.41) is 1.48. The predicted molar refractivity (Wildman–Crippen MR) is 83.2 cm³/mol. The van der Waals surface area contributed by atoms with Crippen LogP contribution in [0.15, 0.2) is 18.2 Å². The molecule has 0 aliphatic carbocycles. The summed E-state index contributed by atoms with van der Waals surface area (Å²) in [5.41, 5.74) is 1.73. The average Bonchev–Trinajstić information content (AvgIpc) is 2.41. The second-order valence-corrected chi connectivity index (χ2v) is 5.24. The molecule has 3 nitrogen and oxygen atoms in total. The summed E-state index contributed by atoms with van der Waals surface area (Å²) in [4.78, 5) is 4.71. The molecule has 0 saturated carbocycles. The number of halogens is 1. The van der Waals surface area contributed by atoms with Gasteiger partial charge in [-0.1, -0.05) is 25.4 Å². The highest BCUT2D eigenvalue weighted by molar-refractivity contribution is 6.36. The molecule has 0 spiro atoms. The zero-order valence-electron chi connectivity index (χ0n) is 12.4. The summed E-state index contributed by atoms with van der Waals surface area (Å²) in [6.07, 6.45) is 0. The Labute approximate surface area is 124 Å². The van der Waals surface area contributed by atoms with E-state index in [9.17, 15) is 0 Å². The topological polar surface area (TPSA) is 31.4 Å². The Morgan fingerprint density at radius 1 is 1.10 bits per heavy atom. The van der Waals surface area contributed by atoms with Crippen molar-refractivity contribution in [2.45, 2.75) is 33.6 Å². The fourth-order valence-corrected chi connectivity index (χ4v) is 2.40. The molecule has 2 rings (SSSR count). The molecule has 0 fully saturated rings. The van der Waals surface area contributed by atoms with Crippen LogP contribution in [0.4, 0.5) is 0 Å². The minimum Gasteiger partial charge on any atom is -0.493 e. The van der Waals surface area contributed by atoms with E-state index in [1.807, 2.05) is 32.0 Å². The summed E-state index contributed by atoms with van der Waals surface area (Å²) in [7, 11) is 0. The molecule has 0 amide bonds. The van der Waals surface area contributed by atoms with Gasteiger partial charge in [0.05, 0.1) is 23.6 Å². The maximum atomic E-state index is 6.44. The van der Waals surface area contributed by atoms with Crippen LogP contribution >= 0.6 is 11.6 Å². The standard InChI is InChI=1S/C16H20ClNO2/c1-5-19-13-7-8-14(20-6-2)16-15(13)11(17)9-12(18-16)10(3)4/h7-10H,5-6H2,1-4H3. The highest BCUT2D eigenvalue weighted by atomic mass is 35.5. The van der Waals surface area contributed by atoms with Gasteiger partial charge in [-0.15, -0.1) is 0 Å². The Balaban J connectivity index is 2.74. The maximum Gasteiger partial charge on any atom is 0.145 e. The van der Waals surface area contributed by atoms with Crippen molar-refractivity contribution in [1.29, 1.82) is 0 Å². The van der Waals surface area contributed by atoms with E-state index in [0.717, 1.165) is 28.1 Å². The van der Waals surface area contributed by atoms with E-state index in [1.54, 1.807) is 0 Å². The van der Waals surface area contributed by atoms with Crippen molar-refractivity contribution in [3.8, 4) is 11.5 Å². The van der Waals surface area contributed by atoms with Gasteiger partial charge in [0.25, 0.3) is 0 Å². The van der Waals surface area contributed by atoms with Crippen LogP contribution in [0, 0.1) is 0 Å². The summed E-state index contributed by atoms with van der Waals surface area (Å²) in [6.45, 7) is 9.27. The molecule has 0 bridgehead atoms. The van der Waals surface area contributed by atoms with Crippen molar-refractivity contribution >= 4 is 22.5 Å². The van der Waals surface area contributed by atoms with Crippen molar-refractivity contribution in [2.75, 3.05) is 13.2 Å². The van der Waals surface area contributed by atoms with Crippen LogP contribution in [0.5, 0.6) is 11.5 Å². The predicted octanol–water partition coefficient (Wildman–Crippen LogP) is 4.81. The first kappa shape index (κ1) is 14.9. The molecule has 20 heavy (non-hydrogen) atoms. The number of hydrogen-bond acceptors (Lipinski definition) is 3. The first-order chi connectivity index (χ1) is 9.58. The molecule has 1 heterocycles. The van der Waals surface area contributed by atoms with Crippen LogP contribution in [-0.4, -0.2) is 18.2 Å². The summed E-state index contributed by atoms with van der Waals surface area (Å²) in [6, 6.07) is 5.69. The quantitative estimate of drug-likeness (QED) is 0.793. The molecule has 1 aromatic carbocycles. The number of rotatable bonds is 5. The molecule has 0 N–H and O–H groups in total. The smallest absolute Gasteiger partial charge is 0.145 e. The van der Waals surface area contributed by atoms with Gasteiger partial charge in [-0.3, -0.25) is 0 Å². The van der Waals surface area contributed by atoms with Crippen molar-refractivity contribution in [3.05, 3.63) is 28.9 Å². The number of nitrogens with zero attached hydrogens (tertiary/aromatic N) is 1. The van der Waals surface area contributed by atoms with Crippen LogP contribution in [0.2, 0.25) is 5.02 Å². The number of ether oxygens (including phenoxy) is 2. The molecule has 0 atom stereocenters. The number of pyridine rings is 1. The van der Waals surface area contributed by atoms with Crippen LogP contribution in [0.3, 0.4) is 0 Å². The van der Waals surface area contributed by atoms with Gasteiger partial charge in [-0.2, -0.15) is 0 Å². The molecule has 108 valence electrons. The Kier molecular flexibility index (Phi) is 4.71. The third kappa shape index (κ3) is 2.83. The van der Waals surface area contributed by atoms with Gasteiger partial charge in [0.1, 0.15) is 17.0 Å². The number of aromatic nitrogens is 1. The number of fused-ring (bicyclic) bond motifs is 1. The molecule has 0 aliphatic heterocycles. The molecule has 2 aromatic rings. The van der Waals surface area contributed by atoms with Gasteiger partial charge in [-0.05, 0) is 38.0 Å². The molecule has 0 aliphatic rings. The second kappa shape index (κ2) is 6.31. The first-order valence-electron chi connectivity index (χ1n) is 6.97. The summed E-state index contributed by atoms with van der Waals surface area (Å²) >= 11 is 6.44. The minimum absolute atomic E-state index is 0.308. The zero-order chi connectivity index (χ0) is 14.7. The molecule has 0 saturated heterocycles. The van der Waals surface area contributed by atoms with Gasteiger partial charge >= 0.3 is 0 Å². The Bertz CT molecular complexity index is 611. The average molecular weight is 294 g/mol. The van der Waals surface area contributed by atoms with Crippen LogP contribution < -0.4 is 9.47 Å². The van der Waals surface area contributed by atoms with E-state index in [-0.39, 0.29) is 0 Å². The van der Waals surface area contributed by atoms with Gasteiger partial charge in [-0.25, -0.2) is 4.98 Å². The van der Waals surface area contributed by atoms with Crippen molar-refractivity contribution in [2.24, 2.45) is 0 Å². The number of benzene rings is 1. The first-order valence-corrected chi connectivity index (χ1v) is 7.35. The Morgan fingerprint density at radius 3 is 2.30 bits per heavy atom. The van der Waals surface area contributed by atoms with E-state index < -0.39 is 0 Å². The van der Waals surface area contributed by atoms with Gasteiger partial charge in [0.15, 0.2) is 0 Å². The lowest BCUT2D eigenvalue weighted by molar-refractivity contribution is 0.336. The third-order valence-corrected chi connectivity index (χ3v) is 3.35. The van der Waals surface area contributed by atoms with Crippen LogP contribution in [-0.2, 0) is 0 Å². The third-order valence-electron chi connectivity index (χ3n) is 3.05. The lowest BCUT2D eigenvalue weighted by atomic mass is 10.1. The van der Waals surface area contributed by atoms with Gasteiger partial charge in [0, 0.05) is 5.69 Å². The van der Waals surface area contributed by atoms with Gasteiger partial charge in [0.2, 0.25) is 0 Å². The Morgan fingerprint density at radius 2 is 1.70 bits per heavy atom. The Hall–Kier alpha value is -1.48.